The number of benzene rings is 2. The largest absolute Gasteiger partial charge is 0.356 e. The van der Waals surface area contributed by atoms with Gasteiger partial charge in [0.1, 0.15) is 11.9 Å². The zero-order valence-corrected chi connectivity index (χ0v) is 21.6. The number of fused-ring (bicyclic) bond motifs is 3. The fourth-order valence-electron chi connectivity index (χ4n) is 4.06. The predicted molar refractivity (Wildman–Crippen MR) is 145 cm³/mol. The van der Waals surface area contributed by atoms with Crippen LogP contribution in [-0.2, 0) is 14.4 Å². The molecule has 0 bridgehead atoms. The van der Waals surface area contributed by atoms with Crippen LogP contribution in [0.2, 0.25) is 0 Å². The Morgan fingerprint density at radius 3 is 2.69 bits per heavy atom. The zero-order chi connectivity index (χ0) is 25.7. The van der Waals surface area contributed by atoms with Crippen LogP contribution in [0.15, 0.2) is 58.5 Å². The Balaban J connectivity index is 1.56. The fraction of sp³-hybridized carbons (Fsp3) is 0.370. The van der Waals surface area contributed by atoms with Crippen LogP contribution in [0, 0.1) is 6.92 Å². The van der Waals surface area contributed by atoms with Crippen molar-refractivity contribution in [1.29, 1.82) is 0 Å². The summed E-state index contributed by atoms with van der Waals surface area (Å²) in [4.78, 5) is 49.8. The molecule has 2 aromatic carbocycles. The van der Waals surface area contributed by atoms with E-state index in [2.05, 4.69) is 22.5 Å². The van der Waals surface area contributed by atoms with Crippen molar-refractivity contribution >= 4 is 51.9 Å². The van der Waals surface area contributed by atoms with Crippen molar-refractivity contribution in [3.05, 3.63) is 59.7 Å². The first-order valence-corrected chi connectivity index (χ1v) is 13.2. The predicted octanol–water partition coefficient (Wildman–Crippen LogP) is 4.41. The minimum absolute atomic E-state index is 0.0201. The molecule has 2 heterocycles. The molecule has 2 aliphatic heterocycles. The van der Waals surface area contributed by atoms with Gasteiger partial charge in [-0.25, -0.2) is 9.89 Å². The van der Waals surface area contributed by atoms with E-state index in [0.717, 1.165) is 29.7 Å². The van der Waals surface area contributed by atoms with Gasteiger partial charge in [-0.1, -0.05) is 56.3 Å². The summed E-state index contributed by atoms with van der Waals surface area (Å²) in [5.41, 5.74) is 3.20. The molecular formula is C27H31N5O3S. The number of rotatable bonds is 9. The normalized spacial score (nSPS) is 17.0. The smallest absolute Gasteiger partial charge is 0.259 e. The third-order valence-corrected chi connectivity index (χ3v) is 7.29. The van der Waals surface area contributed by atoms with Crippen LogP contribution >= 0.6 is 11.8 Å². The second-order valence-corrected chi connectivity index (χ2v) is 10.0. The highest BCUT2D eigenvalue weighted by Gasteiger charge is 2.43. The van der Waals surface area contributed by atoms with E-state index in [-0.39, 0.29) is 24.1 Å². The van der Waals surface area contributed by atoms with E-state index in [1.165, 1.54) is 16.7 Å². The third-order valence-electron chi connectivity index (χ3n) is 5.98. The van der Waals surface area contributed by atoms with Gasteiger partial charge in [-0.15, -0.1) is 0 Å². The van der Waals surface area contributed by atoms with E-state index in [1.807, 2.05) is 62.4 Å². The molecule has 0 saturated heterocycles. The van der Waals surface area contributed by atoms with Gasteiger partial charge in [0, 0.05) is 17.8 Å². The number of aliphatic imine (C=N–C) groups is 2. The van der Waals surface area contributed by atoms with Crippen molar-refractivity contribution in [3.8, 4) is 0 Å². The number of unbranched alkanes of at least 4 members (excludes halogenated alkanes) is 1. The summed E-state index contributed by atoms with van der Waals surface area (Å²) in [7, 11) is 0. The molecule has 9 heteroatoms. The maximum atomic E-state index is 13.4. The van der Waals surface area contributed by atoms with Crippen molar-refractivity contribution in [1.82, 2.24) is 10.2 Å². The SMILES string of the molecule is CCCCNC(=O)CC1N=C2c3ccccc3N=C(SC(CC)C(=O)Nc3cccc(C)c3)N2C1=O. The number of amides is 3. The van der Waals surface area contributed by atoms with Gasteiger partial charge in [0.15, 0.2) is 5.17 Å². The Morgan fingerprint density at radius 1 is 1.14 bits per heavy atom. The second-order valence-electron chi connectivity index (χ2n) is 8.83. The van der Waals surface area contributed by atoms with Gasteiger partial charge >= 0.3 is 0 Å². The van der Waals surface area contributed by atoms with Gasteiger partial charge in [-0.05, 0) is 49.6 Å². The molecule has 4 rings (SSSR count). The van der Waals surface area contributed by atoms with Crippen molar-refractivity contribution in [2.45, 2.75) is 57.7 Å². The van der Waals surface area contributed by atoms with Crippen molar-refractivity contribution in [3.63, 3.8) is 0 Å². The number of carbonyl (C=O) groups is 3. The molecule has 2 N–H and O–H groups in total. The summed E-state index contributed by atoms with van der Waals surface area (Å²) in [6, 6.07) is 14.3. The Hall–Kier alpha value is -3.46. The fourth-order valence-corrected chi connectivity index (χ4v) is 5.08. The maximum Gasteiger partial charge on any atom is 0.259 e. The van der Waals surface area contributed by atoms with Gasteiger partial charge < -0.3 is 10.6 Å². The van der Waals surface area contributed by atoms with Crippen molar-refractivity contribution in [2.75, 3.05) is 11.9 Å². The maximum absolute atomic E-state index is 13.4. The number of aryl methyl sites for hydroxylation is 1. The first-order chi connectivity index (χ1) is 17.4. The molecule has 2 aromatic rings. The van der Waals surface area contributed by atoms with Crippen LogP contribution in [0.5, 0.6) is 0 Å². The lowest BCUT2D eigenvalue weighted by Gasteiger charge is -2.27. The molecule has 2 unspecified atom stereocenters. The quantitative estimate of drug-likeness (QED) is 0.493. The number of carbonyl (C=O) groups excluding carboxylic acids is 3. The minimum atomic E-state index is -0.820. The van der Waals surface area contributed by atoms with E-state index in [4.69, 9.17) is 4.99 Å². The number of hydrogen-bond donors (Lipinski definition) is 2. The van der Waals surface area contributed by atoms with Crippen LogP contribution in [0.25, 0.3) is 0 Å². The molecule has 8 nitrogen and oxygen atoms in total. The first kappa shape index (κ1) is 25.6. The van der Waals surface area contributed by atoms with Gasteiger partial charge in [0.25, 0.3) is 5.91 Å². The molecule has 0 aliphatic carbocycles. The third kappa shape index (κ3) is 5.67. The molecular weight excluding hydrogens is 474 g/mol. The lowest BCUT2D eigenvalue weighted by molar-refractivity contribution is -0.128. The summed E-state index contributed by atoms with van der Waals surface area (Å²) in [5.74, 6) is -0.181. The summed E-state index contributed by atoms with van der Waals surface area (Å²) in [6.45, 7) is 6.53. The number of para-hydroxylation sites is 1. The number of nitrogens with one attached hydrogen (secondary N) is 2. The van der Waals surface area contributed by atoms with Gasteiger partial charge in [-0.2, -0.15) is 0 Å². The standard InChI is InChI=1S/C27H31N5O3S/c1-4-6-14-28-23(33)16-21-26(35)32-24(30-21)19-12-7-8-13-20(19)31-27(32)36-22(5-2)25(34)29-18-11-9-10-17(3)15-18/h7-13,15,21-22H,4-6,14,16H2,1-3H3,(H,28,33)(H,29,34). The summed E-state index contributed by atoms with van der Waals surface area (Å²) in [5, 5.41) is 5.76. The monoisotopic (exact) mass is 505 g/mol. The Bertz CT molecular complexity index is 1230. The van der Waals surface area contributed by atoms with E-state index in [0.29, 0.717) is 29.7 Å². The van der Waals surface area contributed by atoms with Crippen LogP contribution < -0.4 is 10.6 Å². The topological polar surface area (TPSA) is 103 Å². The number of amidine groups is 2. The van der Waals surface area contributed by atoms with Gasteiger partial charge in [0.05, 0.1) is 17.4 Å². The second kappa shape index (κ2) is 11.5. The molecule has 0 spiro atoms. The number of hydrogen-bond acceptors (Lipinski definition) is 6. The Kier molecular flexibility index (Phi) is 8.20. The van der Waals surface area contributed by atoms with E-state index >= 15 is 0 Å². The molecule has 0 radical (unpaired) electrons. The molecule has 0 aromatic heterocycles. The van der Waals surface area contributed by atoms with Crippen molar-refractivity contribution in [2.24, 2.45) is 9.98 Å². The number of nitrogens with zero attached hydrogens (tertiary/aromatic N) is 3. The molecule has 2 aliphatic rings. The summed E-state index contributed by atoms with van der Waals surface area (Å²) in [6.07, 6.45) is 2.38. The highest BCUT2D eigenvalue weighted by atomic mass is 32.2. The van der Waals surface area contributed by atoms with Crippen LogP contribution in [0.1, 0.15) is 50.7 Å². The number of thioether (sulfide) groups is 1. The molecule has 2 atom stereocenters. The lowest BCUT2D eigenvalue weighted by atomic mass is 10.1. The highest BCUT2D eigenvalue weighted by molar-refractivity contribution is 8.15. The Morgan fingerprint density at radius 2 is 1.94 bits per heavy atom. The van der Waals surface area contributed by atoms with Gasteiger partial charge in [-0.3, -0.25) is 19.4 Å². The van der Waals surface area contributed by atoms with Crippen LogP contribution in [0.3, 0.4) is 0 Å². The van der Waals surface area contributed by atoms with Gasteiger partial charge in [0.2, 0.25) is 11.8 Å². The van der Waals surface area contributed by atoms with Crippen LogP contribution in [-0.4, -0.2) is 51.5 Å². The summed E-state index contributed by atoms with van der Waals surface area (Å²) >= 11 is 1.24. The van der Waals surface area contributed by atoms with Crippen LogP contribution in [0.4, 0.5) is 11.4 Å². The average molecular weight is 506 g/mol. The first-order valence-electron chi connectivity index (χ1n) is 12.3. The van der Waals surface area contributed by atoms with Crippen molar-refractivity contribution < 1.29 is 14.4 Å². The lowest BCUT2D eigenvalue weighted by Crippen LogP contribution is -2.43. The van der Waals surface area contributed by atoms with E-state index < -0.39 is 11.3 Å². The number of anilines is 1. The van der Waals surface area contributed by atoms with E-state index in [9.17, 15) is 14.4 Å². The zero-order valence-electron chi connectivity index (χ0n) is 20.8. The molecule has 36 heavy (non-hydrogen) atoms. The highest BCUT2D eigenvalue weighted by Crippen LogP contribution is 2.35. The summed E-state index contributed by atoms with van der Waals surface area (Å²) < 4.78 is 0. The molecule has 188 valence electrons. The minimum Gasteiger partial charge on any atom is -0.356 e. The molecule has 0 fully saturated rings. The molecule has 3 amide bonds. The Labute approximate surface area is 215 Å². The van der Waals surface area contributed by atoms with E-state index in [1.54, 1.807) is 0 Å². The average Bonchev–Trinajstić information content (AvgIpc) is 3.18. The molecule has 0 saturated carbocycles.